The van der Waals surface area contributed by atoms with Gasteiger partial charge in [0.2, 0.25) is 5.88 Å². The van der Waals surface area contributed by atoms with Crippen LogP contribution in [0.2, 0.25) is 0 Å². The van der Waals surface area contributed by atoms with E-state index >= 15 is 0 Å². The van der Waals surface area contributed by atoms with E-state index in [0.29, 0.717) is 41.9 Å². The van der Waals surface area contributed by atoms with Gasteiger partial charge >= 0.3 is 0 Å². The standard InChI is InChI=1S/C28H28FN7O2/c1-28(2,30)17-11-21(16-5-7-18(29)8-6-16)33-24(12-17)38-25-19-14-36(15-20(19)25)27(37)23-13-22(34-35(23)3)26-31-9-4-10-32-26/h4-13,19-20,25H,14-15,30H2,1-3H3. The highest BCUT2D eigenvalue weighted by Crippen LogP contribution is 2.48. The van der Waals surface area contributed by atoms with Crippen LogP contribution in [0.5, 0.6) is 5.88 Å². The molecule has 1 saturated carbocycles. The lowest BCUT2D eigenvalue weighted by atomic mass is 9.95. The van der Waals surface area contributed by atoms with E-state index in [1.807, 2.05) is 30.9 Å². The summed E-state index contributed by atoms with van der Waals surface area (Å²) in [5.41, 5.74) is 9.17. The molecule has 4 heterocycles. The van der Waals surface area contributed by atoms with Crippen LogP contribution >= 0.6 is 0 Å². The smallest absolute Gasteiger partial charge is 0.272 e. The zero-order valence-corrected chi connectivity index (χ0v) is 21.4. The minimum absolute atomic E-state index is 0.0245. The number of fused-ring (bicyclic) bond motifs is 1. The number of pyridine rings is 1. The summed E-state index contributed by atoms with van der Waals surface area (Å²) in [6.45, 7) is 5.04. The molecule has 1 aromatic carbocycles. The maximum absolute atomic E-state index is 13.5. The quantitative estimate of drug-likeness (QED) is 0.420. The predicted octanol–water partition coefficient (Wildman–Crippen LogP) is 3.42. The van der Waals surface area contributed by atoms with Crippen molar-refractivity contribution >= 4 is 5.91 Å². The number of nitrogens with zero attached hydrogens (tertiary/aromatic N) is 6. The van der Waals surface area contributed by atoms with Gasteiger partial charge in [0.25, 0.3) is 5.91 Å². The fraction of sp³-hybridized carbons (Fsp3) is 0.321. The Morgan fingerprint density at radius 1 is 1.05 bits per heavy atom. The van der Waals surface area contributed by atoms with E-state index in [0.717, 1.165) is 11.1 Å². The number of hydrogen-bond acceptors (Lipinski definition) is 7. The number of hydrogen-bond donors (Lipinski definition) is 1. The number of amides is 1. The number of carbonyl (C=O) groups excluding carboxylic acids is 1. The first-order valence-electron chi connectivity index (χ1n) is 12.5. The lowest BCUT2D eigenvalue weighted by Gasteiger charge is -2.22. The second-order valence-corrected chi connectivity index (χ2v) is 10.5. The van der Waals surface area contributed by atoms with Crippen LogP contribution in [0.15, 0.2) is 60.9 Å². The second-order valence-electron chi connectivity index (χ2n) is 10.5. The van der Waals surface area contributed by atoms with Crippen LogP contribution in [-0.2, 0) is 12.6 Å². The lowest BCUT2D eigenvalue weighted by molar-refractivity contribution is 0.0740. The number of nitrogens with two attached hydrogens (primary N) is 1. The van der Waals surface area contributed by atoms with Gasteiger partial charge < -0.3 is 15.4 Å². The summed E-state index contributed by atoms with van der Waals surface area (Å²) in [5.74, 6) is 1.05. The normalized spacial score (nSPS) is 20.3. The summed E-state index contributed by atoms with van der Waals surface area (Å²) < 4.78 is 21.4. The third-order valence-electron chi connectivity index (χ3n) is 7.24. The number of piperidine rings is 1. The molecule has 1 saturated heterocycles. The van der Waals surface area contributed by atoms with Crippen molar-refractivity contribution in [1.29, 1.82) is 0 Å². The first kappa shape index (κ1) is 24.2. The number of rotatable bonds is 6. The molecule has 2 aliphatic rings. The third-order valence-corrected chi connectivity index (χ3v) is 7.24. The Balaban J connectivity index is 1.16. The molecule has 2 atom stereocenters. The summed E-state index contributed by atoms with van der Waals surface area (Å²) in [7, 11) is 1.75. The van der Waals surface area contributed by atoms with E-state index in [-0.39, 0.29) is 29.7 Å². The average molecular weight is 514 g/mol. The van der Waals surface area contributed by atoms with Crippen LogP contribution in [-0.4, -0.2) is 54.7 Å². The summed E-state index contributed by atoms with van der Waals surface area (Å²) in [6.07, 6.45) is 3.27. The van der Waals surface area contributed by atoms with E-state index < -0.39 is 5.54 Å². The summed E-state index contributed by atoms with van der Waals surface area (Å²) in [4.78, 5) is 28.2. The molecule has 3 aromatic heterocycles. The number of carbonyl (C=O) groups is 1. The maximum Gasteiger partial charge on any atom is 0.272 e. The molecule has 10 heteroatoms. The molecule has 4 aromatic rings. The molecular weight excluding hydrogens is 485 g/mol. The summed E-state index contributed by atoms with van der Waals surface area (Å²) >= 11 is 0. The molecule has 2 fully saturated rings. The Hall–Kier alpha value is -4.18. The summed E-state index contributed by atoms with van der Waals surface area (Å²) in [6, 6.07) is 13.5. The number of halogens is 1. The molecule has 1 amide bonds. The Morgan fingerprint density at radius 2 is 1.74 bits per heavy atom. The van der Waals surface area contributed by atoms with Gasteiger partial charge in [-0.15, -0.1) is 0 Å². The fourth-order valence-electron chi connectivity index (χ4n) is 5.03. The minimum Gasteiger partial charge on any atom is -0.474 e. The van der Waals surface area contributed by atoms with Crippen LogP contribution in [0.1, 0.15) is 29.9 Å². The molecule has 2 unspecified atom stereocenters. The summed E-state index contributed by atoms with van der Waals surface area (Å²) in [5, 5.41) is 4.42. The van der Waals surface area contributed by atoms with Gasteiger partial charge in [-0.05, 0) is 55.8 Å². The van der Waals surface area contributed by atoms with Crippen molar-refractivity contribution in [3.8, 4) is 28.7 Å². The van der Waals surface area contributed by atoms with Crippen LogP contribution < -0.4 is 10.5 Å². The highest BCUT2D eigenvalue weighted by molar-refractivity contribution is 5.94. The van der Waals surface area contributed by atoms with Crippen molar-refractivity contribution in [2.24, 2.45) is 24.6 Å². The lowest BCUT2D eigenvalue weighted by Crippen LogP contribution is -2.34. The second kappa shape index (κ2) is 8.98. The molecule has 9 nitrogen and oxygen atoms in total. The number of aromatic nitrogens is 5. The van der Waals surface area contributed by atoms with Gasteiger partial charge in [-0.1, -0.05) is 0 Å². The van der Waals surface area contributed by atoms with E-state index in [2.05, 4.69) is 15.1 Å². The largest absolute Gasteiger partial charge is 0.474 e. The van der Waals surface area contributed by atoms with Gasteiger partial charge in [0.1, 0.15) is 23.3 Å². The van der Waals surface area contributed by atoms with Crippen LogP contribution in [0.25, 0.3) is 22.8 Å². The van der Waals surface area contributed by atoms with Gasteiger partial charge in [-0.3, -0.25) is 9.48 Å². The molecule has 0 bridgehead atoms. The molecule has 6 rings (SSSR count). The first-order chi connectivity index (χ1) is 18.2. The maximum atomic E-state index is 13.5. The van der Waals surface area contributed by atoms with Gasteiger partial charge in [0, 0.05) is 67.6 Å². The average Bonchev–Trinajstić information content (AvgIpc) is 3.22. The molecule has 38 heavy (non-hydrogen) atoms. The Labute approximate surface area is 219 Å². The van der Waals surface area contributed by atoms with Crippen LogP contribution in [0.3, 0.4) is 0 Å². The zero-order valence-electron chi connectivity index (χ0n) is 21.4. The fourth-order valence-corrected chi connectivity index (χ4v) is 5.03. The van der Waals surface area contributed by atoms with Gasteiger partial charge in [-0.25, -0.2) is 19.3 Å². The van der Waals surface area contributed by atoms with E-state index in [1.54, 1.807) is 48.4 Å². The zero-order chi connectivity index (χ0) is 26.6. The topological polar surface area (TPSA) is 112 Å². The molecule has 0 spiro atoms. The molecule has 1 aliphatic heterocycles. The first-order valence-corrected chi connectivity index (χ1v) is 12.5. The molecular formula is C28H28FN7O2. The Kier molecular flexibility index (Phi) is 5.71. The van der Waals surface area contributed by atoms with E-state index in [1.165, 1.54) is 12.1 Å². The van der Waals surface area contributed by atoms with Crippen LogP contribution in [0.4, 0.5) is 4.39 Å². The molecule has 0 radical (unpaired) electrons. The van der Waals surface area contributed by atoms with Crippen molar-refractivity contribution in [1.82, 2.24) is 29.6 Å². The Bertz CT molecular complexity index is 1490. The van der Waals surface area contributed by atoms with E-state index in [4.69, 9.17) is 15.5 Å². The van der Waals surface area contributed by atoms with Gasteiger partial charge in [0.15, 0.2) is 5.82 Å². The highest BCUT2D eigenvalue weighted by atomic mass is 19.1. The number of benzene rings is 1. The SMILES string of the molecule is Cn1nc(-c2ncccn2)cc1C(=O)N1CC2C(C1)C2Oc1cc(C(C)(C)N)cc(-c2ccc(F)cc2)n1. The number of likely N-dealkylation sites (tertiary alicyclic amines) is 1. The molecule has 2 N–H and O–H groups in total. The van der Waals surface area contributed by atoms with Crippen molar-refractivity contribution in [2.45, 2.75) is 25.5 Å². The highest BCUT2D eigenvalue weighted by Gasteiger charge is 2.59. The van der Waals surface area contributed by atoms with Gasteiger partial charge in [-0.2, -0.15) is 5.10 Å². The monoisotopic (exact) mass is 513 g/mol. The predicted molar refractivity (Wildman–Crippen MR) is 138 cm³/mol. The molecule has 1 aliphatic carbocycles. The van der Waals surface area contributed by atoms with Crippen LogP contribution in [0, 0.1) is 17.7 Å². The van der Waals surface area contributed by atoms with E-state index in [9.17, 15) is 9.18 Å². The van der Waals surface area contributed by atoms with Crippen molar-refractivity contribution < 1.29 is 13.9 Å². The molecule has 194 valence electrons. The third kappa shape index (κ3) is 4.51. The minimum atomic E-state index is -0.606. The van der Waals surface area contributed by atoms with Crippen molar-refractivity contribution in [3.63, 3.8) is 0 Å². The number of aryl methyl sites for hydroxylation is 1. The Morgan fingerprint density at radius 3 is 2.39 bits per heavy atom. The van der Waals surface area contributed by atoms with Crippen molar-refractivity contribution in [2.75, 3.05) is 13.1 Å². The van der Waals surface area contributed by atoms with Gasteiger partial charge in [0.05, 0.1) is 5.69 Å². The number of ether oxygens (including phenoxy) is 1. The van der Waals surface area contributed by atoms with Crippen molar-refractivity contribution in [3.05, 3.63) is 78.0 Å².